The molecule has 2 saturated heterocycles. The van der Waals surface area contributed by atoms with E-state index in [0.29, 0.717) is 54.2 Å². The number of terminal acetylenes is 1. The highest BCUT2D eigenvalue weighted by Gasteiger charge is 2.63. The first-order valence-electron chi connectivity index (χ1n) is 21.0. The number of amides is 1. The van der Waals surface area contributed by atoms with Crippen LogP contribution in [0.3, 0.4) is 0 Å². The Labute approximate surface area is 353 Å². The number of piperazine rings is 1. The summed E-state index contributed by atoms with van der Waals surface area (Å²) in [6.45, 7) is 15.0. The molecule has 7 rings (SSSR count). The van der Waals surface area contributed by atoms with Gasteiger partial charge in [-0.05, 0) is 66.9 Å². The van der Waals surface area contributed by atoms with Gasteiger partial charge in [-0.15, -0.1) is 6.42 Å². The molecule has 1 unspecified atom stereocenters. The number of carbonyl (C=O) groups excluding carboxylic acids is 4. The molecule has 2 aliphatic heterocycles. The number of rotatable bonds is 13. The molecule has 2 aliphatic carbocycles. The monoisotopic (exact) mass is 818 g/mol. The van der Waals surface area contributed by atoms with E-state index in [4.69, 9.17) is 25.4 Å². The van der Waals surface area contributed by atoms with E-state index >= 15 is 0 Å². The number of morpholine rings is 1. The minimum atomic E-state index is -0.637. The van der Waals surface area contributed by atoms with Crippen LogP contribution >= 0.6 is 0 Å². The summed E-state index contributed by atoms with van der Waals surface area (Å²) in [4.78, 5) is 57.6. The first-order chi connectivity index (χ1) is 28.7. The number of hydrogen-bond donors (Lipinski definition) is 1. The van der Waals surface area contributed by atoms with E-state index in [0.717, 1.165) is 62.8 Å². The zero-order valence-electron chi connectivity index (χ0n) is 35.8. The van der Waals surface area contributed by atoms with Crippen molar-refractivity contribution in [1.82, 2.24) is 10.2 Å². The molecule has 0 aromatic heterocycles. The number of benzene rings is 3. The van der Waals surface area contributed by atoms with Crippen molar-refractivity contribution in [3.63, 3.8) is 0 Å². The molecular formula is C48H58N4O8. The number of Topliss-reactive ketones (excluding diaryl/α,β-unsaturated/α-hetero) is 3. The quantitative estimate of drug-likeness (QED) is 0.127. The summed E-state index contributed by atoms with van der Waals surface area (Å²) in [5.41, 5.74) is 3.35. The molecule has 2 saturated carbocycles. The minimum absolute atomic E-state index is 0.0442. The molecule has 1 N–H and O–H groups in total. The number of ether oxygens (including phenoxy) is 4. The van der Waals surface area contributed by atoms with Crippen LogP contribution in [0.1, 0.15) is 79.7 Å². The molecule has 2 atom stereocenters. The van der Waals surface area contributed by atoms with E-state index in [1.54, 1.807) is 26.4 Å². The Morgan fingerprint density at radius 3 is 2.23 bits per heavy atom. The van der Waals surface area contributed by atoms with Gasteiger partial charge >= 0.3 is 0 Å². The summed E-state index contributed by atoms with van der Waals surface area (Å²) < 4.78 is 24.0. The van der Waals surface area contributed by atoms with Gasteiger partial charge in [-0.1, -0.05) is 33.6 Å². The van der Waals surface area contributed by atoms with Crippen LogP contribution in [0.2, 0.25) is 0 Å². The lowest BCUT2D eigenvalue weighted by Gasteiger charge is -2.63. The smallest absolute Gasteiger partial charge is 0.251 e. The number of methoxy groups -OCH3 is 2. The fraction of sp³-hybridized carbons (Fsp3) is 0.500. The van der Waals surface area contributed by atoms with Gasteiger partial charge in [-0.2, -0.15) is 0 Å². The Morgan fingerprint density at radius 2 is 1.57 bits per heavy atom. The molecule has 12 heteroatoms. The maximum absolute atomic E-state index is 13.7. The molecule has 4 aliphatic rings. The molecule has 0 radical (unpaired) electrons. The number of ketones is 3. The summed E-state index contributed by atoms with van der Waals surface area (Å²) in [6, 6.07) is 18.3. The van der Waals surface area contributed by atoms with Gasteiger partial charge in [0, 0.05) is 92.4 Å². The van der Waals surface area contributed by atoms with Crippen molar-refractivity contribution >= 4 is 34.6 Å². The molecule has 0 spiro atoms. The second-order valence-corrected chi connectivity index (χ2v) is 17.7. The lowest BCUT2D eigenvalue weighted by Crippen LogP contribution is -2.66. The minimum Gasteiger partial charge on any atom is -0.495 e. The summed E-state index contributed by atoms with van der Waals surface area (Å²) in [7, 11) is 3.19. The van der Waals surface area contributed by atoms with Crippen molar-refractivity contribution in [3.05, 3.63) is 77.4 Å². The second kappa shape index (κ2) is 17.7. The highest BCUT2D eigenvalue weighted by Crippen LogP contribution is 2.62. The third-order valence-electron chi connectivity index (χ3n) is 13.2. The van der Waals surface area contributed by atoms with Gasteiger partial charge in [0.1, 0.15) is 29.1 Å². The molecule has 3 aromatic rings. The Kier molecular flexibility index (Phi) is 12.6. The number of hydrogen-bond acceptors (Lipinski definition) is 11. The van der Waals surface area contributed by atoms with Crippen molar-refractivity contribution in [2.45, 2.75) is 71.6 Å². The van der Waals surface area contributed by atoms with Crippen molar-refractivity contribution in [2.75, 3.05) is 76.4 Å². The molecule has 1 amide bonds. The topological polar surface area (TPSA) is 127 Å². The maximum atomic E-state index is 13.7. The predicted octanol–water partition coefficient (Wildman–Crippen LogP) is 5.84. The van der Waals surface area contributed by atoms with E-state index in [2.05, 4.69) is 65.8 Å². The Balaban J connectivity index is 0.887. The van der Waals surface area contributed by atoms with Gasteiger partial charge in [0.25, 0.3) is 5.91 Å². The zero-order chi connectivity index (χ0) is 42.8. The highest BCUT2D eigenvalue weighted by atomic mass is 16.5. The molecule has 3 aromatic carbocycles. The van der Waals surface area contributed by atoms with E-state index in [9.17, 15) is 19.2 Å². The van der Waals surface area contributed by atoms with Crippen LogP contribution in [0.5, 0.6) is 17.2 Å². The fourth-order valence-corrected chi connectivity index (χ4v) is 10.0. The normalized spacial score (nSPS) is 23.9. The van der Waals surface area contributed by atoms with Crippen LogP contribution in [-0.2, 0) is 14.3 Å². The highest BCUT2D eigenvalue weighted by molar-refractivity contribution is 6.06. The zero-order valence-corrected chi connectivity index (χ0v) is 35.8. The standard InChI is InChI=1S/C48H58N4O8/c1-8-31-11-16-36(27-42(31)57-6)60-46-47(2,3)44(48(46,4)5)28-40(54)32-9-13-34(14-10-32)52-23-24-59-37(30-52)29-50-19-21-51(22-20-50)39-18-12-33(25-43(39)58-7)45(56)49-38-17-15-35(53)26-41(38)55/h1,9-14,16,18,25,27,37-38,44,46H,15,17,19-24,26,28-30H2,2-7H3,(H,49,56)/t37-,38?,44?,46?/m0/s1. The van der Waals surface area contributed by atoms with Gasteiger partial charge in [0.05, 0.1) is 50.6 Å². The van der Waals surface area contributed by atoms with E-state index in [-0.39, 0.29) is 58.6 Å². The van der Waals surface area contributed by atoms with Gasteiger partial charge in [-0.3, -0.25) is 24.1 Å². The first kappa shape index (κ1) is 42.7. The Morgan fingerprint density at radius 1 is 0.867 bits per heavy atom. The number of anilines is 2. The summed E-state index contributed by atoms with van der Waals surface area (Å²) in [5, 5.41) is 2.79. The number of nitrogens with zero attached hydrogens (tertiary/aromatic N) is 3. The largest absolute Gasteiger partial charge is 0.495 e. The Hall–Kier alpha value is -5.38. The van der Waals surface area contributed by atoms with Crippen LogP contribution in [0.25, 0.3) is 0 Å². The first-order valence-corrected chi connectivity index (χ1v) is 21.0. The molecule has 2 heterocycles. The average Bonchev–Trinajstić information content (AvgIpc) is 3.25. The summed E-state index contributed by atoms with van der Waals surface area (Å²) in [5.74, 6) is 4.14. The van der Waals surface area contributed by atoms with E-state index in [1.165, 1.54) is 0 Å². The fourth-order valence-electron chi connectivity index (χ4n) is 10.0. The average molecular weight is 819 g/mol. The molecule has 0 bridgehead atoms. The third-order valence-corrected chi connectivity index (χ3v) is 13.2. The molecule has 12 nitrogen and oxygen atoms in total. The van der Waals surface area contributed by atoms with Crippen molar-refractivity contribution in [1.29, 1.82) is 0 Å². The van der Waals surface area contributed by atoms with Gasteiger partial charge in [0.2, 0.25) is 0 Å². The van der Waals surface area contributed by atoms with Crippen molar-refractivity contribution in [2.24, 2.45) is 16.7 Å². The molecule has 318 valence electrons. The van der Waals surface area contributed by atoms with Gasteiger partial charge in [-0.25, -0.2) is 0 Å². The van der Waals surface area contributed by atoms with Crippen molar-refractivity contribution < 1.29 is 38.1 Å². The predicted molar refractivity (Wildman–Crippen MR) is 231 cm³/mol. The summed E-state index contributed by atoms with van der Waals surface area (Å²) in [6.07, 6.45) is 6.52. The summed E-state index contributed by atoms with van der Waals surface area (Å²) >= 11 is 0. The molecular weight excluding hydrogens is 761 g/mol. The second-order valence-electron chi connectivity index (χ2n) is 17.7. The van der Waals surface area contributed by atoms with Crippen molar-refractivity contribution in [3.8, 4) is 29.6 Å². The number of carbonyl (C=O) groups is 4. The van der Waals surface area contributed by atoms with Crippen LogP contribution in [-0.4, -0.2) is 113 Å². The maximum Gasteiger partial charge on any atom is 0.251 e. The third kappa shape index (κ3) is 8.89. The van der Waals surface area contributed by atoms with E-state index < -0.39 is 6.04 Å². The number of nitrogens with one attached hydrogen (secondary N) is 1. The van der Waals surface area contributed by atoms with Crippen LogP contribution in [0.15, 0.2) is 60.7 Å². The lowest BCUT2D eigenvalue weighted by atomic mass is 9.44. The van der Waals surface area contributed by atoms with Crippen LogP contribution < -0.4 is 29.3 Å². The molecule has 60 heavy (non-hydrogen) atoms. The van der Waals surface area contributed by atoms with Crippen LogP contribution in [0.4, 0.5) is 11.4 Å². The van der Waals surface area contributed by atoms with Gasteiger partial charge in [0.15, 0.2) is 11.6 Å². The SMILES string of the molecule is C#Cc1ccc(OC2C(C)(C)C(CC(=O)c3ccc(N4CCO[C@@H](CN5CCN(c6ccc(C(=O)NC7CCC(=O)CC7=O)cc6OC)CC5)C4)cc3)C2(C)C)cc1OC. The lowest BCUT2D eigenvalue weighted by molar-refractivity contribution is -0.196. The van der Waals surface area contributed by atoms with Crippen LogP contribution in [0, 0.1) is 29.1 Å². The van der Waals surface area contributed by atoms with Gasteiger partial charge < -0.3 is 34.1 Å². The molecule has 4 fully saturated rings. The Bertz CT molecular complexity index is 2120. The van der Waals surface area contributed by atoms with E-state index in [1.807, 2.05) is 36.4 Å².